The molecule has 0 saturated heterocycles. The summed E-state index contributed by atoms with van der Waals surface area (Å²) in [6.45, 7) is 4.27. The molecule has 0 unspecified atom stereocenters. The van der Waals surface area contributed by atoms with Crippen molar-refractivity contribution < 1.29 is 0 Å². The van der Waals surface area contributed by atoms with Crippen LogP contribution < -0.4 is 0 Å². The largest absolute Gasteiger partial charge is 0.0776 e. The first-order valence-corrected chi connectivity index (χ1v) is 6.96. The van der Waals surface area contributed by atoms with Crippen molar-refractivity contribution >= 4 is 0 Å². The fraction of sp³-hybridized carbons (Fsp3) is 0.143. The fourth-order valence-electron chi connectivity index (χ4n) is 2.53. The summed E-state index contributed by atoms with van der Waals surface area (Å²) in [5.74, 6) is 0. The van der Waals surface area contributed by atoms with Crippen molar-refractivity contribution in [3.05, 3.63) is 83.9 Å². The van der Waals surface area contributed by atoms with Crippen LogP contribution in [0.25, 0.3) is 22.3 Å². The maximum atomic E-state index is 2.27. The van der Waals surface area contributed by atoms with E-state index in [2.05, 4.69) is 86.6 Å². The molecule has 0 fully saturated rings. The van der Waals surface area contributed by atoms with Crippen LogP contribution in [0.4, 0.5) is 0 Å². The maximum absolute atomic E-state index is 2.27. The lowest BCUT2D eigenvalue weighted by molar-refractivity contribution is 1.46. The third kappa shape index (κ3) is 3.41. The van der Waals surface area contributed by atoms with Gasteiger partial charge in [0.15, 0.2) is 0 Å². The Morgan fingerprint density at radius 3 is 1.19 bits per heavy atom. The normalized spacial score (nSPS) is 10.0. The van der Waals surface area contributed by atoms with Gasteiger partial charge in [-0.25, -0.2) is 0 Å². The molecule has 0 amide bonds. The summed E-state index contributed by atoms with van der Waals surface area (Å²) in [4.78, 5) is 0. The average molecular weight is 274 g/mol. The van der Waals surface area contributed by atoms with E-state index >= 15 is 0 Å². The minimum atomic E-state index is 0. The van der Waals surface area contributed by atoms with Gasteiger partial charge in [-0.1, -0.05) is 85.3 Å². The van der Waals surface area contributed by atoms with E-state index in [-0.39, 0.29) is 7.43 Å². The predicted octanol–water partition coefficient (Wildman–Crippen LogP) is 6.27. The molecule has 0 aromatic heterocycles. The van der Waals surface area contributed by atoms with Crippen LogP contribution >= 0.6 is 0 Å². The number of hydrogen-bond acceptors (Lipinski definition) is 0. The summed E-state index contributed by atoms with van der Waals surface area (Å²) in [6, 6.07) is 26.0. The Hall–Kier alpha value is -2.34. The smallest absolute Gasteiger partial charge is 0.0178 e. The van der Waals surface area contributed by atoms with Gasteiger partial charge < -0.3 is 0 Å². The Morgan fingerprint density at radius 2 is 0.810 bits per heavy atom. The molecule has 0 aliphatic carbocycles. The number of aryl methyl sites for hydroxylation is 2. The van der Waals surface area contributed by atoms with E-state index in [4.69, 9.17) is 0 Å². The van der Waals surface area contributed by atoms with Crippen LogP contribution in [0.2, 0.25) is 0 Å². The molecule has 0 aliphatic rings. The summed E-state index contributed by atoms with van der Waals surface area (Å²) in [6.07, 6.45) is 0. The van der Waals surface area contributed by atoms with Gasteiger partial charge in [-0.3, -0.25) is 0 Å². The van der Waals surface area contributed by atoms with Gasteiger partial charge in [0.05, 0.1) is 0 Å². The predicted molar refractivity (Wildman–Crippen MR) is 93.5 cm³/mol. The molecule has 0 N–H and O–H groups in total. The topological polar surface area (TPSA) is 0 Å². The molecule has 0 spiro atoms. The van der Waals surface area contributed by atoms with Gasteiger partial charge in [0, 0.05) is 0 Å². The zero-order chi connectivity index (χ0) is 13.9. The second kappa shape index (κ2) is 6.41. The lowest BCUT2D eigenvalue weighted by Crippen LogP contribution is -1.83. The molecule has 0 heteroatoms. The second-order valence-corrected chi connectivity index (χ2v) is 5.32. The van der Waals surface area contributed by atoms with Crippen molar-refractivity contribution in [1.82, 2.24) is 0 Å². The van der Waals surface area contributed by atoms with Crippen molar-refractivity contribution in [2.75, 3.05) is 0 Å². The molecule has 21 heavy (non-hydrogen) atoms. The van der Waals surface area contributed by atoms with E-state index in [9.17, 15) is 0 Å². The lowest BCUT2D eigenvalue weighted by atomic mass is 9.97. The van der Waals surface area contributed by atoms with Crippen molar-refractivity contribution in [3.63, 3.8) is 0 Å². The molecular weight excluding hydrogens is 252 g/mol. The summed E-state index contributed by atoms with van der Waals surface area (Å²) < 4.78 is 0. The highest BCUT2D eigenvalue weighted by molar-refractivity contribution is 5.73. The van der Waals surface area contributed by atoms with Crippen molar-refractivity contribution in [1.29, 1.82) is 0 Å². The van der Waals surface area contributed by atoms with Gasteiger partial charge >= 0.3 is 0 Å². The van der Waals surface area contributed by atoms with E-state index < -0.39 is 0 Å². The van der Waals surface area contributed by atoms with Gasteiger partial charge in [0.25, 0.3) is 0 Å². The number of hydrogen-bond donors (Lipinski definition) is 0. The molecule has 0 atom stereocenters. The van der Waals surface area contributed by atoms with Gasteiger partial charge in [-0.15, -0.1) is 0 Å². The Labute approximate surface area is 128 Å². The SMILES string of the molecule is C.Cc1cccc(-c2cccc(-c3cccc(C)c3)c2)c1. The molecular formula is C21H22. The first kappa shape index (κ1) is 15.1. The first-order valence-electron chi connectivity index (χ1n) is 6.96. The third-order valence-electron chi connectivity index (χ3n) is 3.57. The first-order chi connectivity index (χ1) is 9.72. The molecule has 0 nitrogen and oxygen atoms in total. The number of rotatable bonds is 2. The van der Waals surface area contributed by atoms with E-state index in [0.29, 0.717) is 0 Å². The Bertz CT molecular complexity index is 678. The van der Waals surface area contributed by atoms with Crippen LogP contribution in [-0.4, -0.2) is 0 Å². The van der Waals surface area contributed by atoms with Crippen LogP contribution in [0.5, 0.6) is 0 Å². The second-order valence-electron chi connectivity index (χ2n) is 5.32. The quantitative estimate of drug-likeness (QED) is 0.516. The minimum absolute atomic E-state index is 0. The van der Waals surface area contributed by atoms with E-state index in [1.54, 1.807) is 0 Å². The molecule has 3 rings (SSSR count). The molecule has 0 aliphatic heterocycles. The zero-order valence-corrected chi connectivity index (χ0v) is 11.9. The van der Waals surface area contributed by atoms with Gasteiger partial charge in [-0.2, -0.15) is 0 Å². The highest BCUT2D eigenvalue weighted by Gasteiger charge is 2.02. The van der Waals surface area contributed by atoms with Gasteiger partial charge in [0.1, 0.15) is 0 Å². The average Bonchev–Trinajstić information content (AvgIpc) is 2.47. The summed E-state index contributed by atoms with van der Waals surface area (Å²) in [5, 5.41) is 0. The Balaban J connectivity index is 0.00000161. The molecule has 106 valence electrons. The van der Waals surface area contributed by atoms with Crippen molar-refractivity contribution in [2.24, 2.45) is 0 Å². The molecule has 0 heterocycles. The van der Waals surface area contributed by atoms with Crippen molar-refractivity contribution in [2.45, 2.75) is 21.3 Å². The van der Waals surface area contributed by atoms with Crippen LogP contribution in [-0.2, 0) is 0 Å². The molecule has 0 bridgehead atoms. The summed E-state index contributed by atoms with van der Waals surface area (Å²) in [7, 11) is 0. The van der Waals surface area contributed by atoms with Gasteiger partial charge in [0.2, 0.25) is 0 Å². The Morgan fingerprint density at radius 1 is 0.476 bits per heavy atom. The highest BCUT2D eigenvalue weighted by Crippen LogP contribution is 2.27. The van der Waals surface area contributed by atoms with Crippen LogP contribution in [0.15, 0.2) is 72.8 Å². The third-order valence-corrected chi connectivity index (χ3v) is 3.57. The fourth-order valence-corrected chi connectivity index (χ4v) is 2.53. The number of benzene rings is 3. The molecule has 3 aromatic rings. The molecule has 3 aromatic carbocycles. The van der Waals surface area contributed by atoms with Crippen LogP contribution in [0, 0.1) is 13.8 Å². The standard InChI is InChI=1S/C20H18.CH4/c1-15-6-3-8-17(12-15)19-10-5-11-20(14-19)18-9-4-7-16(2)13-18;/h3-14H,1-2H3;1H4. The van der Waals surface area contributed by atoms with Crippen LogP contribution in [0.3, 0.4) is 0 Å². The summed E-state index contributed by atoms with van der Waals surface area (Å²) >= 11 is 0. The van der Waals surface area contributed by atoms with E-state index in [1.165, 1.54) is 33.4 Å². The van der Waals surface area contributed by atoms with Gasteiger partial charge in [-0.05, 0) is 42.2 Å². The Kier molecular flexibility index (Phi) is 4.59. The monoisotopic (exact) mass is 274 g/mol. The lowest BCUT2D eigenvalue weighted by Gasteiger charge is -2.07. The van der Waals surface area contributed by atoms with E-state index in [0.717, 1.165) is 0 Å². The molecule has 0 radical (unpaired) electrons. The van der Waals surface area contributed by atoms with Crippen LogP contribution in [0.1, 0.15) is 18.6 Å². The molecule has 0 saturated carbocycles. The zero-order valence-electron chi connectivity index (χ0n) is 11.9. The van der Waals surface area contributed by atoms with E-state index in [1.807, 2.05) is 0 Å². The van der Waals surface area contributed by atoms with Crippen molar-refractivity contribution in [3.8, 4) is 22.3 Å². The minimum Gasteiger partial charge on any atom is -0.0776 e. The highest BCUT2D eigenvalue weighted by atomic mass is 14.1. The summed E-state index contributed by atoms with van der Waals surface area (Å²) in [5.41, 5.74) is 7.69. The maximum Gasteiger partial charge on any atom is -0.0178 e.